The van der Waals surface area contributed by atoms with Crippen LogP contribution in [0.3, 0.4) is 0 Å². The van der Waals surface area contributed by atoms with Gasteiger partial charge in [-0.1, -0.05) is 0 Å². The molecule has 1 rings (SSSR count). The Balaban J connectivity index is 2.67. The highest BCUT2D eigenvalue weighted by atomic mass is 19.1. The molecule has 0 spiro atoms. The Bertz CT molecular complexity index is 493. The summed E-state index contributed by atoms with van der Waals surface area (Å²) in [4.78, 5) is 23.1. The molecule has 7 heteroatoms. The van der Waals surface area contributed by atoms with E-state index >= 15 is 0 Å². The van der Waals surface area contributed by atoms with Gasteiger partial charge >= 0.3 is 5.69 Å². The normalized spacial score (nSPS) is 10.3. The Kier molecular flexibility index (Phi) is 6.05. The van der Waals surface area contributed by atoms with Crippen LogP contribution in [0.25, 0.3) is 0 Å². The van der Waals surface area contributed by atoms with E-state index in [2.05, 4.69) is 0 Å². The Morgan fingerprint density at radius 2 is 2.10 bits per heavy atom. The summed E-state index contributed by atoms with van der Waals surface area (Å²) >= 11 is 0. The zero-order valence-electron chi connectivity index (χ0n) is 11.2. The maximum absolute atomic E-state index is 13.4. The minimum Gasteiger partial charge on any atom is -0.396 e. The van der Waals surface area contributed by atoms with Gasteiger partial charge in [0.1, 0.15) is 0 Å². The van der Waals surface area contributed by atoms with Gasteiger partial charge in [-0.2, -0.15) is 4.39 Å². The van der Waals surface area contributed by atoms with Crippen LogP contribution in [0.4, 0.5) is 10.1 Å². The summed E-state index contributed by atoms with van der Waals surface area (Å²) in [6.07, 6.45) is 2.20. The molecule has 110 valence electrons. The molecule has 20 heavy (non-hydrogen) atoms. The van der Waals surface area contributed by atoms with Crippen LogP contribution in [0.15, 0.2) is 18.2 Å². The summed E-state index contributed by atoms with van der Waals surface area (Å²) in [5.41, 5.74) is -0.565. The van der Waals surface area contributed by atoms with Crippen molar-refractivity contribution in [1.29, 1.82) is 0 Å². The third kappa shape index (κ3) is 4.27. The summed E-state index contributed by atoms with van der Waals surface area (Å²) in [5, 5.41) is 19.1. The maximum Gasteiger partial charge on any atom is 0.304 e. The zero-order chi connectivity index (χ0) is 15.1. The fraction of sp³-hybridized carbons (Fsp3) is 0.462. The number of hydrogen-bond donors (Lipinski definition) is 1. The SMILES string of the molecule is CN(CCCCCO)C(=O)c1ccc([N+](=O)[O-])c(F)c1. The second kappa shape index (κ2) is 7.54. The lowest BCUT2D eigenvalue weighted by atomic mass is 10.1. The lowest BCUT2D eigenvalue weighted by Gasteiger charge is -2.17. The lowest BCUT2D eigenvalue weighted by Crippen LogP contribution is -2.27. The molecule has 0 aliphatic heterocycles. The molecular formula is C13H17FN2O4. The van der Waals surface area contributed by atoms with Gasteiger partial charge in [-0.3, -0.25) is 14.9 Å². The second-order valence-electron chi connectivity index (χ2n) is 4.43. The van der Waals surface area contributed by atoms with Gasteiger partial charge in [0, 0.05) is 31.8 Å². The van der Waals surface area contributed by atoms with E-state index in [1.165, 1.54) is 11.0 Å². The van der Waals surface area contributed by atoms with Crippen molar-refractivity contribution in [3.8, 4) is 0 Å². The van der Waals surface area contributed by atoms with Crippen LogP contribution in [0.2, 0.25) is 0 Å². The molecule has 0 heterocycles. The molecule has 0 unspecified atom stereocenters. The van der Waals surface area contributed by atoms with E-state index in [0.29, 0.717) is 13.0 Å². The maximum atomic E-state index is 13.4. The summed E-state index contributed by atoms with van der Waals surface area (Å²) in [7, 11) is 1.58. The number of hydrogen-bond acceptors (Lipinski definition) is 4. The highest BCUT2D eigenvalue weighted by molar-refractivity contribution is 5.94. The number of unbranched alkanes of at least 4 members (excludes halogenated alkanes) is 2. The first kappa shape index (κ1) is 16.0. The number of benzene rings is 1. The van der Waals surface area contributed by atoms with Crippen LogP contribution in [0, 0.1) is 15.9 Å². The van der Waals surface area contributed by atoms with Gasteiger partial charge in [0.05, 0.1) is 4.92 Å². The summed E-state index contributed by atoms with van der Waals surface area (Å²) in [6.45, 7) is 0.600. The molecule has 1 aromatic carbocycles. The van der Waals surface area contributed by atoms with Gasteiger partial charge in [-0.25, -0.2) is 0 Å². The first-order valence-electron chi connectivity index (χ1n) is 6.27. The summed E-state index contributed by atoms with van der Waals surface area (Å²) in [5.74, 6) is -1.41. The Hall–Kier alpha value is -2.02. The molecule has 0 aromatic heterocycles. The van der Waals surface area contributed by atoms with Crippen molar-refractivity contribution >= 4 is 11.6 Å². The number of carbonyl (C=O) groups is 1. The van der Waals surface area contributed by atoms with E-state index in [0.717, 1.165) is 25.0 Å². The van der Waals surface area contributed by atoms with E-state index < -0.39 is 16.4 Å². The fourth-order valence-electron chi connectivity index (χ4n) is 1.75. The number of aliphatic hydroxyl groups excluding tert-OH is 1. The van der Waals surface area contributed by atoms with Crippen LogP contribution < -0.4 is 0 Å². The molecule has 1 amide bonds. The number of halogens is 1. The molecular weight excluding hydrogens is 267 g/mol. The van der Waals surface area contributed by atoms with Crippen molar-refractivity contribution in [2.45, 2.75) is 19.3 Å². The zero-order valence-corrected chi connectivity index (χ0v) is 11.2. The van der Waals surface area contributed by atoms with Crippen LogP contribution in [0.1, 0.15) is 29.6 Å². The Morgan fingerprint density at radius 1 is 1.40 bits per heavy atom. The molecule has 0 fully saturated rings. The van der Waals surface area contributed by atoms with E-state index in [-0.39, 0.29) is 18.1 Å². The second-order valence-corrected chi connectivity index (χ2v) is 4.43. The number of nitro benzene ring substituents is 1. The molecule has 0 aliphatic rings. The Labute approximate surface area is 116 Å². The first-order chi connectivity index (χ1) is 9.47. The number of nitro groups is 1. The molecule has 0 atom stereocenters. The van der Waals surface area contributed by atoms with Crippen molar-refractivity contribution in [2.24, 2.45) is 0 Å². The van der Waals surface area contributed by atoms with Gasteiger partial charge in [0.25, 0.3) is 5.91 Å². The van der Waals surface area contributed by atoms with E-state index in [1.54, 1.807) is 7.05 Å². The van der Waals surface area contributed by atoms with Crippen molar-refractivity contribution in [1.82, 2.24) is 4.90 Å². The van der Waals surface area contributed by atoms with Crippen molar-refractivity contribution < 1.29 is 19.2 Å². The number of rotatable bonds is 7. The van der Waals surface area contributed by atoms with E-state index in [9.17, 15) is 19.3 Å². The Morgan fingerprint density at radius 3 is 2.65 bits per heavy atom. The van der Waals surface area contributed by atoms with Crippen LogP contribution in [0.5, 0.6) is 0 Å². The predicted molar refractivity (Wildman–Crippen MR) is 71.0 cm³/mol. The minimum absolute atomic E-state index is 0.0813. The minimum atomic E-state index is -1.02. The summed E-state index contributed by atoms with van der Waals surface area (Å²) in [6, 6.07) is 3.11. The first-order valence-corrected chi connectivity index (χ1v) is 6.27. The van der Waals surface area contributed by atoms with Gasteiger partial charge in [-0.05, 0) is 31.4 Å². The molecule has 6 nitrogen and oxygen atoms in total. The van der Waals surface area contributed by atoms with Crippen LogP contribution in [-0.4, -0.2) is 41.0 Å². The molecule has 1 aromatic rings. The fourth-order valence-corrected chi connectivity index (χ4v) is 1.75. The largest absolute Gasteiger partial charge is 0.396 e. The number of carbonyl (C=O) groups excluding carboxylic acids is 1. The van der Waals surface area contributed by atoms with E-state index in [1.807, 2.05) is 0 Å². The van der Waals surface area contributed by atoms with Gasteiger partial charge in [-0.15, -0.1) is 0 Å². The van der Waals surface area contributed by atoms with Crippen molar-refractivity contribution in [3.63, 3.8) is 0 Å². The third-order valence-electron chi connectivity index (χ3n) is 2.89. The molecule has 0 saturated heterocycles. The average molecular weight is 284 g/mol. The van der Waals surface area contributed by atoms with Crippen LogP contribution in [-0.2, 0) is 0 Å². The van der Waals surface area contributed by atoms with Gasteiger partial charge < -0.3 is 10.0 Å². The number of aliphatic hydroxyl groups is 1. The predicted octanol–water partition coefficient (Wildman–Crippen LogP) is 1.97. The van der Waals surface area contributed by atoms with Crippen LogP contribution >= 0.6 is 0 Å². The van der Waals surface area contributed by atoms with Crippen molar-refractivity contribution in [3.05, 3.63) is 39.7 Å². The van der Waals surface area contributed by atoms with Gasteiger partial charge in [0.15, 0.2) is 0 Å². The summed E-state index contributed by atoms with van der Waals surface area (Å²) < 4.78 is 13.4. The molecule has 1 N–H and O–H groups in total. The average Bonchev–Trinajstić information content (AvgIpc) is 2.42. The number of nitrogens with zero attached hydrogens (tertiary/aromatic N) is 2. The smallest absolute Gasteiger partial charge is 0.304 e. The monoisotopic (exact) mass is 284 g/mol. The third-order valence-corrected chi connectivity index (χ3v) is 2.89. The highest BCUT2D eigenvalue weighted by Crippen LogP contribution is 2.18. The van der Waals surface area contributed by atoms with Crippen molar-refractivity contribution in [2.75, 3.05) is 20.2 Å². The molecule has 0 bridgehead atoms. The lowest BCUT2D eigenvalue weighted by molar-refractivity contribution is -0.387. The standard InChI is InChI=1S/C13H17FN2O4/c1-15(7-3-2-4-8-17)13(18)10-5-6-12(16(19)20)11(14)9-10/h5-6,9,17H,2-4,7-8H2,1H3. The van der Waals surface area contributed by atoms with Gasteiger partial charge in [0.2, 0.25) is 5.82 Å². The van der Waals surface area contributed by atoms with E-state index in [4.69, 9.17) is 5.11 Å². The topological polar surface area (TPSA) is 83.7 Å². The quantitative estimate of drug-likeness (QED) is 0.471. The molecule has 0 aliphatic carbocycles. The molecule has 0 saturated carbocycles. The highest BCUT2D eigenvalue weighted by Gasteiger charge is 2.18. The number of amides is 1. The molecule has 0 radical (unpaired) electrons.